The van der Waals surface area contributed by atoms with E-state index in [2.05, 4.69) is 5.32 Å². The summed E-state index contributed by atoms with van der Waals surface area (Å²) in [7, 11) is 1.32. The fraction of sp³-hybridized carbons (Fsp3) is 0.333. The largest absolute Gasteiger partial charge is 0.467 e. The van der Waals surface area contributed by atoms with Crippen molar-refractivity contribution in [3.05, 3.63) is 41.3 Å². The molecule has 1 heterocycles. The normalized spacial score (nSPS) is 13.1. The predicted molar refractivity (Wildman–Crippen MR) is 96.9 cm³/mol. The Labute approximate surface area is 145 Å². The third-order valence-electron chi connectivity index (χ3n) is 4.03. The zero-order valence-corrected chi connectivity index (χ0v) is 14.9. The summed E-state index contributed by atoms with van der Waals surface area (Å²) in [5.41, 5.74) is 7.71. The van der Waals surface area contributed by atoms with E-state index in [1.54, 1.807) is 18.2 Å². The Kier molecular flexibility index (Phi) is 5.98. The lowest BCUT2D eigenvalue weighted by Crippen LogP contribution is -2.45. The van der Waals surface area contributed by atoms with Gasteiger partial charge in [0.05, 0.1) is 7.11 Å². The van der Waals surface area contributed by atoms with Gasteiger partial charge in [0, 0.05) is 21.7 Å². The van der Waals surface area contributed by atoms with E-state index in [1.807, 2.05) is 31.4 Å². The van der Waals surface area contributed by atoms with Crippen LogP contribution in [0.1, 0.15) is 30.6 Å². The molecule has 0 saturated carbocycles. The number of hydrogen-bond donors (Lipinski definition) is 2. The van der Waals surface area contributed by atoms with Crippen LogP contribution in [0, 0.1) is 5.92 Å². The summed E-state index contributed by atoms with van der Waals surface area (Å²) in [4.78, 5) is 25.7. The Morgan fingerprint density at radius 2 is 2.08 bits per heavy atom. The van der Waals surface area contributed by atoms with Gasteiger partial charge in [0.25, 0.3) is 5.91 Å². The number of benzene rings is 1. The molecule has 2 aromatic rings. The van der Waals surface area contributed by atoms with Crippen molar-refractivity contribution in [3.63, 3.8) is 0 Å². The summed E-state index contributed by atoms with van der Waals surface area (Å²) in [6.45, 7) is 3.87. The zero-order valence-electron chi connectivity index (χ0n) is 14.0. The molecule has 24 heavy (non-hydrogen) atoms. The lowest BCUT2D eigenvalue weighted by atomic mass is 9.98. The number of thiophene rings is 1. The Morgan fingerprint density at radius 3 is 2.67 bits per heavy atom. The van der Waals surface area contributed by atoms with Crippen molar-refractivity contribution in [1.82, 2.24) is 5.32 Å². The number of nitrogens with one attached hydrogen (secondary N) is 1. The average molecular weight is 346 g/mol. The van der Waals surface area contributed by atoms with E-state index >= 15 is 0 Å². The minimum atomic E-state index is -0.679. The molecule has 128 valence electrons. The van der Waals surface area contributed by atoms with Crippen LogP contribution in [0.5, 0.6) is 0 Å². The van der Waals surface area contributed by atoms with Gasteiger partial charge >= 0.3 is 5.97 Å². The first-order valence-corrected chi connectivity index (χ1v) is 8.68. The summed E-state index contributed by atoms with van der Waals surface area (Å²) < 4.78 is 4.82. The van der Waals surface area contributed by atoms with Crippen molar-refractivity contribution in [2.45, 2.75) is 26.3 Å². The zero-order chi connectivity index (χ0) is 17.7. The molecule has 5 nitrogen and oxygen atoms in total. The lowest BCUT2D eigenvalue weighted by Gasteiger charge is -2.22. The number of amides is 1. The predicted octanol–water partition coefficient (Wildman–Crippen LogP) is 3.31. The van der Waals surface area contributed by atoms with E-state index in [0.717, 1.165) is 16.9 Å². The van der Waals surface area contributed by atoms with Gasteiger partial charge in [-0.25, -0.2) is 4.79 Å². The number of carbonyl (C=O) groups excluding carboxylic acids is 2. The van der Waals surface area contributed by atoms with Gasteiger partial charge in [-0.3, -0.25) is 4.79 Å². The standard InChI is InChI=1S/C18H22N2O3S/c1-4-11(2)16(18(22)23-3)20-17(21)13-8-7-12(19)10-14(13)15-6-5-9-24-15/h5-11,16H,4,19H2,1-3H3,(H,20,21)/t11?,16-/m1/s1. The van der Waals surface area contributed by atoms with Gasteiger partial charge < -0.3 is 15.8 Å². The van der Waals surface area contributed by atoms with Crippen molar-refractivity contribution >= 4 is 28.9 Å². The van der Waals surface area contributed by atoms with Gasteiger partial charge in [0.15, 0.2) is 0 Å². The molecule has 0 saturated heterocycles. The Balaban J connectivity index is 2.34. The first-order chi connectivity index (χ1) is 11.5. The van der Waals surface area contributed by atoms with Gasteiger partial charge in [-0.15, -0.1) is 11.3 Å². The molecule has 6 heteroatoms. The lowest BCUT2D eigenvalue weighted by molar-refractivity contribution is -0.144. The number of ether oxygens (including phenoxy) is 1. The summed E-state index contributed by atoms with van der Waals surface area (Å²) in [5, 5.41) is 4.75. The van der Waals surface area contributed by atoms with E-state index < -0.39 is 12.0 Å². The molecule has 0 bridgehead atoms. The molecule has 1 unspecified atom stereocenters. The maximum Gasteiger partial charge on any atom is 0.328 e. The van der Waals surface area contributed by atoms with Crippen LogP contribution in [0.15, 0.2) is 35.7 Å². The van der Waals surface area contributed by atoms with E-state index in [4.69, 9.17) is 10.5 Å². The number of methoxy groups -OCH3 is 1. The van der Waals surface area contributed by atoms with Crippen LogP contribution in [-0.2, 0) is 9.53 Å². The van der Waals surface area contributed by atoms with Gasteiger partial charge in [-0.1, -0.05) is 26.3 Å². The Morgan fingerprint density at radius 1 is 1.33 bits per heavy atom. The van der Waals surface area contributed by atoms with Crippen LogP contribution in [0.2, 0.25) is 0 Å². The first-order valence-electron chi connectivity index (χ1n) is 7.80. The fourth-order valence-electron chi connectivity index (χ4n) is 2.41. The number of rotatable bonds is 6. The molecule has 0 spiro atoms. The van der Waals surface area contributed by atoms with Crippen molar-refractivity contribution in [2.24, 2.45) is 5.92 Å². The monoisotopic (exact) mass is 346 g/mol. The summed E-state index contributed by atoms with van der Waals surface area (Å²) in [6, 6.07) is 8.31. The van der Waals surface area contributed by atoms with Gasteiger partial charge in [-0.2, -0.15) is 0 Å². The number of carbonyl (C=O) groups is 2. The topological polar surface area (TPSA) is 81.4 Å². The summed E-state index contributed by atoms with van der Waals surface area (Å²) in [6.07, 6.45) is 0.750. The highest BCUT2D eigenvalue weighted by Crippen LogP contribution is 2.30. The minimum absolute atomic E-state index is 0.0274. The van der Waals surface area contributed by atoms with Gasteiger partial charge in [0.2, 0.25) is 0 Å². The maximum atomic E-state index is 12.8. The molecular formula is C18H22N2O3S. The molecule has 2 atom stereocenters. The van der Waals surface area contributed by atoms with E-state index in [-0.39, 0.29) is 11.8 Å². The van der Waals surface area contributed by atoms with Crippen LogP contribution < -0.4 is 11.1 Å². The second-order valence-corrected chi connectivity index (χ2v) is 6.59. The molecule has 0 aliphatic rings. The van der Waals surface area contributed by atoms with Gasteiger partial charge in [0.1, 0.15) is 6.04 Å². The minimum Gasteiger partial charge on any atom is -0.467 e. The van der Waals surface area contributed by atoms with Crippen molar-refractivity contribution in [3.8, 4) is 10.4 Å². The number of nitrogens with two attached hydrogens (primary N) is 1. The molecule has 0 fully saturated rings. The number of anilines is 1. The molecule has 0 aliphatic heterocycles. The van der Waals surface area contributed by atoms with Crippen LogP contribution >= 0.6 is 11.3 Å². The van der Waals surface area contributed by atoms with Gasteiger partial charge in [-0.05, 0) is 35.6 Å². The fourth-order valence-corrected chi connectivity index (χ4v) is 3.17. The van der Waals surface area contributed by atoms with Crippen molar-refractivity contribution < 1.29 is 14.3 Å². The summed E-state index contributed by atoms with van der Waals surface area (Å²) >= 11 is 1.53. The quantitative estimate of drug-likeness (QED) is 0.621. The highest BCUT2D eigenvalue weighted by Gasteiger charge is 2.28. The van der Waals surface area contributed by atoms with Crippen molar-refractivity contribution in [2.75, 3.05) is 12.8 Å². The first kappa shape index (κ1) is 18.0. The Hall–Kier alpha value is -2.34. The van der Waals surface area contributed by atoms with E-state index in [0.29, 0.717) is 11.3 Å². The third kappa shape index (κ3) is 3.94. The molecule has 0 radical (unpaired) electrons. The van der Waals surface area contributed by atoms with Crippen LogP contribution in [0.4, 0.5) is 5.69 Å². The second-order valence-electron chi connectivity index (χ2n) is 5.64. The number of nitrogen functional groups attached to an aromatic ring is 1. The average Bonchev–Trinajstić information content (AvgIpc) is 3.12. The number of hydrogen-bond acceptors (Lipinski definition) is 5. The molecule has 3 N–H and O–H groups in total. The van der Waals surface area contributed by atoms with Crippen LogP contribution in [0.25, 0.3) is 10.4 Å². The Bertz CT molecular complexity index is 713. The molecule has 2 rings (SSSR count). The molecular weight excluding hydrogens is 324 g/mol. The number of esters is 1. The van der Waals surface area contributed by atoms with E-state index in [1.165, 1.54) is 18.4 Å². The summed E-state index contributed by atoms with van der Waals surface area (Å²) in [5.74, 6) is -0.778. The molecule has 1 aromatic carbocycles. The van der Waals surface area contributed by atoms with Crippen LogP contribution in [0.3, 0.4) is 0 Å². The van der Waals surface area contributed by atoms with Crippen LogP contribution in [-0.4, -0.2) is 25.0 Å². The smallest absolute Gasteiger partial charge is 0.328 e. The van der Waals surface area contributed by atoms with Crippen molar-refractivity contribution in [1.29, 1.82) is 0 Å². The maximum absolute atomic E-state index is 12.8. The SMILES string of the molecule is CCC(C)[C@@H](NC(=O)c1ccc(N)cc1-c1cccs1)C(=O)OC. The molecule has 1 amide bonds. The molecule has 0 aliphatic carbocycles. The highest BCUT2D eigenvalue weighted by atomic mass is 32.1. The highest BCUT2D eigenvalue weighted by molar-refractivity contribution is 7.13. The second kappa shape index (κ2) is 7.97. The third-order valence-corrected chi connectivity index (χ3v) is 4.93. The molecule has 1 aromatic heterocycles. The van der Waals surface area contributed by atoms with E-state index in [9.17, 15) is 9.59 Å².